The van der Waals surface area contributed by atoms with Crippen LogP contribution in [0.25, 0.3) is 11.1 Å². The zero-order valence-corrected chi connectivity index (χ0v) is 31.1. The van der Waals surface area contributed by atoms with Crippen molar-refractivity contribution in [2.45, 2.75) is 58.7 Å². The molecule has 14 nitrogen and oxygen atoms in total. The molecule has 0 unspecified atom stereocenters. The molecule has 0 radical (unpaired) electrons. The Bertz CT molecular complexity index is 1910. The molecular weight excluding hydrogens is 731 g/mol. The minimum Gasteiger partial charge on any atom is -0.481 e. The van der Waals surface area contributed by atoms with E-state index in [1.165, 1.54) is 14.2 Å². The molecule has 16 heteroatoms. The van der Waals surface area contributed by atoms with Crippen LogP contribution >= 0.6 is 23.2 Å². The number of hydrogen-bond donors (Lipinski definition) is 6. The topological polar surface area (TPSA) is 202 Å². The van der Waals surface area contributed by atoms with Crippen molar-refractivity contribution < 1.29 is 49.0 Å². The molecule has 284 valence electrons. The zero-order chi connectivity index (χ0) is 38.7. The molecule has 0 aliphatic carbocycles. The molecule has 0 spiro atoms. The van der Waals surface area contributed by atoms with Crippen LogP contribution in [-0.2, 0) is 35.9 Å². The van der Waals surface area contributed by atoms with Crippen LogP contribution in [0.5, 0.6) is 23.5 Å². The van der Waals surface area contributed by atoms with E-state index < -0.39 is 30.6 Å². The van der Waals surface area contributed by atoms with Crippen LogP contribution in [0, 0.1) is 13.8 Å². The summed E-state index contributed by atoms with van der Waals surface area (Å²) in [6, 6.07) is 12.9. The van der Waals surface area contributed by atoms with Gasteiger partial charge in [-0.3, -0.25) is 14.9 Å². The number of pyridine rings is 2. The number of ether oxygens (including phenoxy) is 4. The summed E-state index contributed by atoms with van der Waals surface area (Å²) in [6.07, 6.45) is 0.0403. The summed E-state index contributed by atoms with van der Waals surface area (Å²) in [5, 5.41) is 43.1. The molecule has 6 N–H and O–H groups in total. The lowest BCUT2D eigenvalue weighted by atomic mass is 9.92. The van der Waals surface area contributed by atoms with Gasteiger partial charge in [-0.1, -0.05) is 59.6 Å². The van der Waals surface area contributed by atoms with Crippen LogP contribution in [0.15, 0.2) is 48.5 Å². The molecule has 2 aromatic carbocycles. The van der Waals surface area contributed by atoms with Gasteiger partial charge in [-0.15, -0.1) is 0 Å². The second-order valence-electron chi connectivity index (χ2n) is 11.9. The molecule has 2 aromatic heterocycles. The second-order valence-corrected chi connectivity index (χ2v) is 12.7. The lowest BCUT2D eigenvalue weighted by Crippen LogP contribution is -2.39. The van der Waals surface area contributed by atoms with Crippen molar-refractivity contribution in [1.29, 1.82) is 0 Å². The van der Waals surface area contributed by atoms with Gasteiger partial charge in [0.05, 0.1) is 20.8 Å². The van der Waals surface area contributed by atoms with Gasteiger partial charge in [0.1, 0.15) is 35.3 Å². The number of nitrogens with zero attached hydrogens (tertiary/aromatic N) is 2. The van der Waals surface area contributed by atoms with Crippen LogP contribution in [0.2, 0.25) is 10.0 Å². The van der Waals surface area contributed by atoms with Gasteiger partial charge < -0.3 is 44.7 Å². The Morgan fingerprint density at radius 1 is 0.698 bits per heavy atom. The monoisotopic (exact) mass is 772 g/mol. The summed E-state index contributed by atoms with van der Waals surface area (Å²) in [5.74, 6) is -1.56. The van der Waals surface area contributed by atoms with Crippen LogP contribution in [0.1, 0.15) is 39.8 Å². The first kappa shape index (κ1) is 41.1. The third-order valence-corrected chi connectivity index (χ3v) is 9.08. The highest BCUT2D eigenvalue weighted by Crippen LogP contribution is 2.34. The largest absolute Gasteiger partial charge is 0.481 e. The van der Waals surface area contributed by atoms with Crippen molar-refractivity contribution in [2.75, 3.05) is 27.4 Å². The molecule has 0 amide bonds. The van der Waals surface area contributed by atoms with Gasteiger partial charge >= 0.3 is 11.9 Å². The maximum atomic E-state index is 11.5. The summed E-state index contributed by atoms with van der Waals surface area (Å²) in [6.45, 7) is 3.58. The van der Waals surface area contributed by atoms with E-state index in [-0.39, 0.29) is 72.9 Å². The van der Waals surface area contributed by atoms with Crippen molar-refractivity contribution in [3.8, 4) is 34.6 Å². The predicted octanol–water partition coefficient (Wildman–Crippen LogP) is 4.70. The predicted molar refractivity (Wildman–Crippen MR) is 197 cm³/mol. The number of aromatic nitrogens is 2. The number of rotatable bonds is 20. The van der Waals surface area contributed by atoms with Crippen molar-refractivity contribution in [3.05, 3.63) is 92.0 Å². The fourth-order valence-electron chi connectivity index (χ4n) is 5.49. The molecule has 0 fully saturated rings. The lowest BCUT2D eigenvalue weighted by Gasteiger charge is -2.18. The average Bonchev–Trinajstić information content (AvgIpc) is 3.13. The summed E-state index contributed by atoms with van der Waals surface area (Å²) in [7, 11) is 2.87. The van der Waals surface area contributed by atoms with Crippen molar-refractivity contribution in [1.82, 2.24) is 20.6 Å². The van der Waals surface area contributed by atoms with Gasteiger partial charge in [0, 0.05) is 30.8 Å². The third kappa shape index (κ3) is 10.5. The number of aliphatic carboxylic acids is 2. The van der Waals surface area contributed by atoms with Crippen LogP contribution in [-0.4, -0.2) is 81.8 Å². The van der Waals surface area contributed by atoms with E-state index in [0.29, 0.717) is 11.1 Å². The summed E-state index contributed by atoms with van der Waals surface area (Å²) >= 11 is 13.0. The molecule has 2 atom stereocenters. The van der Waals surface area contributed by atoms with Crippen LogP contribution in [0.4, 0.5) is 0 Å². The number of carboxylic acids is 2. The first-order valence-corrected chi connectivity index (χ1v) is 17.2. The van der Waals surface area contributed by atoms with E-state index in [4.69, 9.17) is 47.3 Å². The Morgan fingerprint density at radius 2 is 1.13 bits per heavy atom. The number of carbonyl (C=O) groups is 2. The Balaban J connectivity index is 1.48. The van der Waals surface area contributed by atoms with E-state index in [2.05, 4.69) is 20.6 Å². The molecule has 0 aliphatic rings. The van der Waals surface area contributed by atoms with E-state index in [1.807, 2.05) is 50.2 Å². The minimum absolute atomic E-state index is 0.0403. The highest BCUT2D eigenvalue weighted by molar-refractivity contribution is 6.32. The van der Waals surface area contributed by atoms with E-state index >= 15 is 0 Å². The Hall–Kier alpha value is -4.70. The molecule has 0 saturated carbocycles. The number of benzene rings is 2. The van der Waals surface area contributed by atoms with Crippen LogP contribution < -0.4 is 29.6 Å². The first-order valence-electron chi connectivity index (χ1n) is 16.5. The third-order valence-electron chi connectivity index (χ3n) is 8.54. The van der Waals surface area contributed by atoms with Gasteiger partial charge in [0.15, 0.2) is 0 Å². The van der Waals surface area contributed by atoms with Gasteiger partial charge in [0.2, 0.25) is 23.5 Å². The van der Waals surface area contributed by atoms with Crippen LogP contribution in [0.3, 0.4) is 0 Å². The number of methoxy groups -OCH3 is 2. The van der Waals surface area contributed by atoms with Crippen molar-refractivity contribution >= 4 is 35.1 Å². The van der Waals surface area contributed by atoms with E-state index in [9.17, 15) is 24.9 Å². The maximum Gasteiger partial charge on any atom is 0.323 e. The smallest absolute Gasteiger partial charge is 0.323 e. The fraction of sp³-hybridized carbons (Fsp3) is 0.351. The summed E-state index contributed by atoms with van der Waals surface area (Å²) in [4.78, 5) is 31.5. The molecule has 0 bridgehead atoms. The van der Waals surface area contributed by atoms with Crippen molar-refractivity contribution in [2.24, 2.45) is 0 Å². The Labute approximate surface area is 316 Å². The molecule has 53 heavy (non-hydrogen) atoms. The number of hydrogen-bond acceptors (Lipinski definition) is 12. The number of aliphatic hydroxyl groups excluding tert-OH is 2. The number of carboxylic acid groups (broad SMARTS) is 2. The molecule has 0 aliphatic heterocycles. The number of halogens is 2. The minimum atomic E-state index is -1.19. The van der Waals surface area contributed by atoms with Gasteiger partial charge in [-0.25, -0.2) is 0 Å². The molecule has 2 heterocycles. The SMILES string of the molecule is COc1nc(OCc2cccc(-c3cccc(COc4nc(OC)c(CN[C@@H](CCO)C(=O)O)cc4Cl)c3C)c2C)c(Cl)cc1CN[C@@H](CO)C(=O)O. The fourth-order valence-corrected chi connectivity index (χ4v) is 5.95. The number of nitrogens with one attached hydrogen (secondary N) is 2. The summed E-state index contributed by atoms with van der Waals surface area (Å²) in [5.41, 5.74) is 6.73. The van der Waals surface area contributed by atoms with Crippen molar-refractivity contribution in [3.63, 3.8) is 0 Å². The van der Waals surface area contributed by atoms with Gasteiger partial charge in [0.25, 0.3) is 0 Å². The second kappa shape index (κ2) is 19.4. The standard InChI is InChI=1S/C37H42Cl2N4O10/c1-20-22(18-52-34-28(38)13-24(32(42-34)50-3)15-40-30(11-12-44)36(46)47)7-5-9-26(20)27-10-6-8-23(21(27)2)19-53-35-29(39)14-25(33(43-35)51-4)16-41-31(17-45)37(48)49/h5-10,13-14,30-31,40-41,44-45H,11-12,15-19H2,1-4H3,(H,46,47)(H,48,49)/t30-,31-/m0/s1. The molecule has 4 aromatic rings. The Morgan fingerprint density at radius 3 is 1.51 bits per heavy atom. The van der Waals surface area contributed by atoms with E-state index in [1.54, 1.807) is 12.1 Å². The highest BCUT2D eigenvalue weighted by Gasteiger charge is 2.21. The quantitative estimate of drug-likeness (QED) is 0.0722. The summed E-state index contributed by atoms with van der Waals surface area (Å²) < 4.78 is 22.9. The first-order chi connectivity index (χ1) is 25.4. The van der Waals surface area contributed by atoms with Gasteiger partial charge in [-0.05, 0) is 65.8 Å². The maximum absolute atomic E-state index is 11.5. The molecule has 0 saturated heterocycles. The highest BCUT2D eigenvalue weighted by atomic mass is 35.5. The number of aliphatic hydroxyl groups is 2. The normalized spacial score (nSPS) is 12.2. The van der Waals surface area contributed by atoms with Gasteiger partial charge in [-0.2, -0.15) is 9.97 Å². The zero-order valence-electron chi connectivity index (χ0n) is 29.6. The van der Waals surface area contributed by atoms with E-state index in [0.717, 1.165) is 33.4 Å². The molecular formula is C37H42Cl2N4O10. The Kier molecular flexibility index (Phi) is 15.0. The average molecular weight is 774 g/mol. The molecule has 4 rings (SSSR count). The lowest BCUT2D eigenvalue weighted by molar-refractivity contribution is -0.141.